The van der Waals surface area contributed by atoms with Crippen molar-refractivity contribution in [2.75, 3.05) is 0 Å². The highest BCUT2D eigenvalue weighted by Gasteiger charge is 2.33. The van der Waals surface area contributed by atoms with Crippen LogP contribution in [0.3, 0.4) is 0 Å². The Balaban J connectivity index is 1.52. The summed E-state index contributed by atoms with van der Waals surface area (Å²) in [5.41, 5.74) is 3.16. The zero-order valence-electron chi connectivity index (χ0n) is 15.1. The summed E-state index contributed by atoms with van der Waals surface area (Å²) in [5.74, 6) is 0.529. The molecule has 1 fully saturated rings. The van der Waals surface area contributed by atoms with Crippen LogP contribution in [-0.4, -0.2) is 28.1 Å². The molecular formula is C22H22N2O3. The summed E-state index contributed by atoms with van der Waals surface area (Å²) in [6.45, 7) is 1.03. The molecule has 2 atom stereocenters. The van der Waals surface area contributed by atoms with Gasteiger partial charge in [-0.1, -0.05) is 30.7 Å². The van der Waals surface area contributed by atoms with Gasteiger partial charge in [0.15, 0.2) is 0 Å². The molecule has 1 saturated carbocycles. The van der Waals surface area contributed by atoms with Crippen molar-refractivity contribution < 1.29 is 14.6 Å². The molecule has 1 N–H and O–H groups in total. The van der Waals surface area contributed by atoms with Crippen molar-refractivity contribution in [3.63, 3.8) is 0 Å². The number of fused-ring (bicyclic) bond motifs is 1. The highest BCUT2D eigenvalue weighted by Crippen LogP contribution is 2.34. The number of hydrogen-bond donors (Lipinski definition) is 1. The standard InChI is InChI=1S/C22H22N2O3/c23-12-15-8-10-16(11-9-15)13-24-14-17-4-3-7-20(21(17)22(24)26)27-19-6-2-1-5-18(19)25/h3-4,7-11,18-19,25H,1-2,5-6,13-14H2/t18-,19-/m0/s1. The number of carbonyl (C=O) groups is 1. The van der Waals surface area contributed by atoms with Crippen LogP contribution >= 0.6 is 0 Å². The van der Waals surface area contributed by atoms with E-state index in [4.69, 9.17) is 10.00 Å². The number of aliphatic hydroxyl groups is 1. The topological polar surface area (TPSA) is 73.6 Å². The van der Waals surface area contributed by atoms with E-state index in [0.717, 1.165) is 36.8 Å². The first-order chi connectivity index (χ1) is 13.2. The number of benzene rings is 2. The van der Waals surface area contributed by atoms with Gasteiger partial charge in [0.05, 0.1) is 23.3 Å². The molecule has 138 valence electrons. The third-order valence-electron chi connectivity index (χ3n) is 5.38. The van der Waals surface area contributed by atoms with Crippen molar-refractivity contribution >= 4 is 5.91 Å². The molecule has 0 unspecified atom stereocenters. The Hall–Kier alpha value is -2.84. The van der Waals surface area contributed by atoms with Crippen molar-refractivity contribution in [3.8, 4) is 11.8 Å². The molecule has 2 aromatic carbocycles. The van der Waals surface area contributed by atoms with Crippen molar-refractivity contribution in [3.05, 3.63) is 64.7 Å². The molecule has 0 spiro atoms. The van der Waals surface area contributed by atoms with Gasteiger partial charge in [0.2, 0.25) is 0 Å². The molecule has 0 bridgehead atoms. The third-order valence-corrected chi connectivity index (χ3v) is 5.38. The summed E-state index contributed by atoms with van der Waals surface area (Å²) < 4.78 is 6.08. The van der Waals surface area contributed by atoms with Gasteiger partial charge in [-0.15, -0.1) is 0 Å². The molecule has 1 aliphatic heterocycles. The van der Waals surface area contributed by atoms with Crippen molar-refractivity contribution in [2.45, 2.75) is 51.0 Å². The molecule has 1 heterocycles. The van der Waals surface area contributed by atoms with Crippen LogP contribution in [0.5, 0.6) is 5.75 Å². The van der Waals surface area contributed by atoms with Gasteiger partial charge in [-0.05, 0) is 48.6 Å². The fourth-order valence-electron chi connectivity index (χ4n) is 3.90. The Labute approximate surface area is 158 Å². The molecule has 4 rings (SSSR count). The molecule has 2 aromatic rings. The van der Waals surface area contributed by atoms with Crippen molar-refractivity contribution in [2.24, 2.45) is 0 Å². The number of nitriles is 1. The number of rotatable bonds is 4. The molecule has 1 aliphatic carbocycles. The van der Waals surface area contributed by atoms with Crippen LogP contribution in [0, 0.1) is 11.3 Å². The molecule has 5 heteroatoms. The normalized spacial score (nSPS) is 21.6. The van der Waals surface area contributed by atoms with Crippen LogP contribution in [0.4, 0.5) is 0 Å². The van der Waals surface area contributed by atoms with Crippen LogP contribution in [0.2, 0.25) is 0 Å². The van der Waals surface area contributed by atoms with Gasteiger partial charge in [0.1, 0.15) is 11.9 Å². The van der Waals surface area contributed by atoms with Gasteiger partial charge in [-0.3, -0.25) is 4.79 Å². The quantitative estimate of drug-likeness (QED) is 0.905. The van der Waals surface area contributed by atoms with Crippen molar-refractivity contribution in [1.29, 1.82) is 5.26 Å². The van der Waals surface area contributed by atoms with Gasteiger partial charge in [0.25, 0.3) is 5.91 Å². The Bertz CT molecular complexity index is 885. The lowest BCUT2D eigenvalue weighted by molar-refractivity contribution is 0.00636. The molecule has 0 aromatic heterocycles. The van der Waals surface area contributed by atoms with Crippen LogP contribution in [-0.2, 0) is 13.1 Å². The number of aliphatic hydroxyl groups excluding tert-OH is 1. The van der Waals surface area contributed by atoms with Crippen LogP contribution in [0.15, 0.2) is 42.5 Å². The number of hydrogen-bond acceptors (Lipinski definition) is 4. The Morgan fingerprint density at radius 3 is 2.67 bits per heavy atom. The molecule has 5 nitrogen and oxygen atoms in total. The highest BCUT2D eigenvalue weighted by molar-refractivity contribution is 6.01. The van der Waals surface area contributed by atoms with Gasteiger partial charge in [0, 0.05) is 13.1 Å². The maximum atomic E-state index is 13.0. The number of carbonyl (C=O) groups excluding carboxylic acids is 1. The highest BCUT2D eigenvalue weighted by atomic mass is 16.5. The lowest BCUT2D eigenvalue weighted by Crippen LogP contribution is -2.35. The molecule has 1 amide bonds. The number of amides is 1. The van der Waals surface area contributed by atoms with Crippen LogP contribution in [0.1, 0.15) is 52.7 Å². The smallest absolute Gasteiger partial charge is 0.258 e. The van der Waals surface area contributed by atoms with E-state index < -0.39 is 6.10 Å². The number of ether oxygens (including phenoxy) is 1. The second kappa shape index (κ2) is 7.42. The first-order valence-electron chi connectivity index (χ1n) is 9.40. The van der Waals surface area contributed by atoms with Gasteiger partial charge in [-0.2, -0.15) is 5.26 Å². The lowest BCUT2D eigenvalue weighted by Gasteiger charge is -2.28. The van der Waals surface area contributed by atoms with E-state index in [2.05, 4.69) is 6.07 Å². The maximum absolute atomic E-state index is 13.0. The van der Waals surface area contributed by atoms with Crippen LogP contribution in [0.25, 0.3) is 0 Å². The fraction of sp³-hybridized carbons (Fsp3) is 0.364. The minimum atomic E-state index is -0.471. The summed E-state index contributed by atoms with van der Waals surface area (Å²) in [4.78, 5) is 14.8. The molecule has 0 radical (unpaired) electrons. The molecule has 2 aliphatic rings. The Kier molecular flexibility index (Phi) is 4.83. The van der Waals surface area contributed by atoms with Crippen LogP contribution < -0.4 is 4.74 Å². The van der Waals surface area contributed by atoms with E-state index in [0.29, 0.717) is 30.0 Å². The summed E-state index contributed by atoms with van der Waals surface area (Å²) in [6, 6.07) is 15.1. The summed E-state index contributed by atoms with van der Waals surface area (Å²) in [5, 5.41) is 19.1. The van der Waals surface area contributed by atoms with E-state index in [1.165, 1.54) is 0 Å². The van der Waals surface area contributed by atoms with Gasteiger partial charge in [-0.25, -0.2) is 0 Å². The molecule has 27 heavy (non-hydrogen) atoms. The molecular weight excluding hydrogens is 340 g/mol. The van der Waals surface area contributed by atoms with Gasteiger partial charge < -0.3 is 14.7 Å². The predicted octanol–water partition coefficient (Wildman–Crippen LogP) is 3.40. The van der Waals surface area contributed by atoms with E-state index in [1.807, 2.05) is 30.3 Å². The van der Waals surface area contributed by atoms with E-state index in [9.17, 15) is 9.90 Å². The summed E-state index contributed by atoms with van der Waals surface area (Å²) in [7, 11) is 0. The fourth-order valence-corrected chi connectivity index (χ4v) is 3.90. The minimum absolute atomic E-state index is 0.0461. The SMILES string of the molecule is N#Cc1ccc(CN2Cc3cccc(O[C@H]4CCCC[C@@H]4O)c3C2=O)cc1. The van der Waals surface area contributed by atoms with E-state index in [-0.39, 0.29) is 12.0 Å². The minimum Gasteiger partial charge on any atom is -0.487 e. The number of nitrogens with zero attached hydrogens (tertiary/aromatic N) is 2. The molecule has 0 saturated heterocycles. The summed E-state index contributed by atoms with van der Waals surface area (Å²) >= 11 is 0. The second-order valence-corrected chi connectivity index (χ2v) is 7.27. The zero-order valence-corrected chi connectivity index (χ0v) is 15.1. The largest absolute Gasteiger partial charge is 0.487 e. The monoisotopic (exact) mass is 362 g/mol. The maximum Gasteiger partial charge on any atom is 0.258 e. The van der Waals surface area contributed by atoms with Crippen molar-refractivity contribution in [1.82, 2.24) is 4.90 Å². The Morgan fingerprint density at radius 2 is 1.93 bits per heavy atom. The third kappa shape index (κ3) is 3.54. The first-order valence-corrected chi connectivity index (χ1v) is 9.40. The second-order valence-electron chi connectivity index (χ2n) is 7.27. The average Bonchev–Trinajstić information content (AvgIpc) is 3.01. The Morgan fingerprint density at radius 1 is 1.15 bits per heavy atom. The van der Waals surface area contributed by atoms with E-state index in [1.54, 1.807) is 17.0 Å². The predicted molar refractivity (Wildman–Crippen MR) is 100 cm³/mol. The average molecular weight is 362 g/mol. The van der Waals surface area contributed by atoms with Gasteiger partial charge >= 0.3 is 0 Å². The van der Waals surface area contributed by atoms with E-state index >= 15 is 0 Å². The summed E-state index contributed by atoms with van der Waals surface area (Å²) in [6.07, 6.45) is 2.90. The lowest BCUT2D eigenvalue weighted by atomic mass is 9.94. The zero-order chi connectivity index (χ0) is 18.8. The first kappa shape index (κ1) is 17.6.